The third-order valence-electron chi connectivity index (χ3n) is 0.167. The molecule has 0 unspecified atom stereocenters. The fourth-order valence-electron chi connectivity index (χ4n) is 0. The summed E-state index contributed by atoms with van der Waals surface area (Å²) in [5.41, 5.74) is 0. The van der Waals surface area contributed by atoms with Crippen LogP contribution >= 0.6 is 0 Å². The van der Waals surface area contributed by atoms with Crippen LogP contribution in [0.4, 0.5) is 0 Å². The Bertz CT molecular complexity index is 409. The van der Waals surface area contributed by atoms with Crippen molar-refractivity contribution in [1.82, 2.24) is 0 Å². The van der Waals surface area contributed by atoms with Crippen molar-refractivity contribution in [2.75, 3.05) is 0 Å². The predicted molar refractivity (Wildman–Crippen MR) is 40.3 cm³/mol. The summed E-state index contributed by atoms with van der Waals surface area (Å²) in [7, 11) is -8.63. The summed E-state index contributed by atoms with van der Waals surface area (Å²) in [6, 6.07) is 0. The molecule has 0 amide bonds. The van der Waals surface area contributed by atoms with E-state index in [1.165, 1.54) is 0 Å². The van der Waals surface area contributed by atoms with E-state index in [9.17, 15) is 0 Å². The first-order valence-corrected chi connectivity index (χ1v) is 5.00. The first kappa shape index (κ1) is 30.5. The van der Waals surface area contributed by atoms with Crippen LogP contribution in [0, 0.1) is 0 Å². The molecule has 0 rings (SSSR count). The van der Waals surface area contributed by atoms with Crippen LogP contribution in [0.1, 0.15) is 0 Å². The van der Waals surface area contributed by atoms with Crippen molar-refractivity contribution in [3.05, 3.63) is 0 Å². The van der Waals surface area contributed by atoms with Gasteiger partial charge in [0.1, 0.15) is 0 Å². The average Bonchev–Trinajstić information content (AvgIpc) is 2.19. The normalized spacial score (nSPS) is 5.82. The predicted octanol–water partition coefficient (Wildman–Crippen LogP) is -6.70. The van der Waals surface area contributed by atoms with E-state index in [-0.39, 0.29) is 52.4 Å². The molecule has 0 fully saturated rings. The Morgan fingerprint density at radius 1 is 0.529 bits per heavy atom. The SMILES string of the molecule is O=S(=O)=[O+][O-].O=S(=O)=[O+][O-].O=S(=O)=[O+][O-].[Bi].[Bi]. The van der Waals surface area contributed by atoms with Crippen molar-refractivity contribution < 1.29 is 53.0 Å². The van der Waals surface area contributed by atoms with Crippen molar-refractivity contribution in [2.45, 2.75) is 0 Å². The monoisotopic (exact) mass is 706 g/mol. The third-order valence-corrected chi connectivity index (χ3v) is 0.500. The van der Waals surface area contributed by atoms with E-state index in [0.29, 0.717) is 0 Å². The summed E-state index contributed by atoms with van der Waals surface area (Å²) in [4.78, 5) is 0. The standard InChI is InChI=1S/2Bi.3O4S/c;;3*1-4-5(2)3. The van der Waals surface area contributed by atoms with Gasteiger partial charge in [0.15, 0.2) is 0 Å². The van der Waals surface area contributed by atoms with Crippen molar-refractivity contribution in [3.8, 4) is 0 Å². The zero-order chi connectivity index (χ0) is 12.9. The van der Waals surface area contributed by atoms with Gasteiger partial charge >= 0.3 is 31.8 Å². The quantitative estimate of drug-likeness (QED) is 0.102. The summed E-state index contributed by atoms with van der Waals surface area (Å²) in [6.07, 6.45) is 0. The Balaban J connectivity index is -0.0000000400. The minimum atomic E-state index is -2.88. The Hall–Kier alpha value is 0.506. The molecule has 0 aromatic rings. The van der Waals surface area contributed by atoms with Gasteiger partial charge in [0.2, 0.25) is 0 Å². The van der Waals surface area contributed by atoms with E-state index in [0.717, 1.165) is 0 Å². The molecule has 0 atom stereocenters. The molecule has 0 saturated carbocycles. The van der Waals surface area contributed by atoms with E-state index < -0.39 is 31.8 Å². The van der Waals surface area contributed by atoms with E-state index in [1.807, 2.05) is 0 Å². The molecule has 17 heteroatoms. The molecule has 100 valence electrons. The summed E-state index contributed by atoms with van der Waals surface area (Å²) in [6.45, 7) is 0. The Morgan fingerprint density at radius 2 is 0.588 bits per heavy atom. The molecule has 6 radical (unpaired) electrons. The molecular weight excluding hydrogens is 706 g/mol. The number of rotatable bonds is 0. The number of hydrogen-bond donors (Lipinski definition) is 0. The topological polar surface area (TPSA) is 205 Å². The van der Waals surface area contributed by atoms with Crippen LogP contribution in [0.5, 0.6) is 0 Å². The minimum Gasteiger partial charge on any atom is -0.354 e. The van der Waals surface area contributed by atoms with Crippen molar-refractivity contribution in [3.63, 3.8) is 0 Å². The summed E-state index contributed by atoms with van der Waals surface area (Å²) < 4.78 is 60.3. The van der Waals surface area contributed by atoms with Crippen molar-refractivity contribution in [1.29, 1.82) is 0 Å². The van der Waals surface area contributed by atoms with Crippen molar-refractivity contribution >= 4 is 84.2 Å². The van der Waals surface area contributed by atoms with E-state index in [1.54, 1.807) is 0 Å². The molecule has 0 aliphatic rings. The number of hydrogen-bond acceptors (Lipinski definition) is 9. The molecule has 0 heterocycles. The van der Waals surface area contributed by atoms with Crippen LogP contribution in [0.25, 0.3) is 0 Å². The first-order chi connectivity index (χ1) is 6.81. The zero-order valence-electron chi connectivity index (χ0n) is 7.02. The maximum atomic E-state index is 8.83. The molecule has 12 nitrogen and oxygen atoms in total. The van der Waals surface area contributed by atoms with Gasteiger partial charge in [-0.1, -0.05) is 37.2 Å². The molecule has 0 aliphatic carbocycles. The largest absolute Gasteiger partial charge is 0.638 e. The van der Waals surface area contributed by atoms with Crippen LogP contribution in [0.15, 0.2) is 0 Å². The summed E-state index contributed by atoms with van der Waals surface area (Å²) in [5.74, 6) is 0. The van der Waals surface area contributed by atoms with Gasteiger partial charge in [0.05, 0.1) is 0 Å². The Kier molecular flexibility index (Phi) is 45.5. The van der Waals surface area contributed by atoms with Gasteiger partial charge < -0.3 is 15.8 Å². The molecule has 0 N–H and O–H groups in total. The van der Waals surface area contributed by atoms with Gasteiger partial charge in [0.25, 0.3) is 0 Å². The molecule has 0 spiro atoms. The van der Waals surface area contributed by atoms with Crippen LogP contribution in [0.2, 0.25) is 0 Å². The minimum absolute atomic E-state index is 0. The second-order valence-electron chi connectivity index (χ2n) is 0.816. The maximum absolute atomic E-state index is 8.83. The molecule has 17 heavy (non-hydrogen) atoms. The van der Waals surface area contributed by atoms with E-state index in [2.05, 4.69) is 12.0 Å². The molecule has 0 aromatic heterocycles. The van der Waals surface area contributed by atoms with Gasteiger partial charge in [-0.15, -0.1) is 0 Å². The Labute approximate surface area is 136 Å². The smallest absolute Gasteiger partial charge is 0.354 e. The third kappa shape index (κ3) is 82.1. The summed E-state index contributed by atoms with van der Waals surface area (Å²) >= 11 is 0. The van der Waals surface area contributed by atoms with Crippen LogP contribution in [-0.2, 0) is 43.8 Å². The molecule has 0 aliphatic heterocycles. The second kappa shape index (κ2) is 25.4. The van der Waals surface area contributed by atoms with Gasteiger partial charge in [-0.3, -0.25) is 0 Å². The molecule has 0 saturated heterocycles. The van der Waals surface area contributed by atoms with Gasteiger partial charge in [-0.25, -0.2) is 0 Å². The summed E-state index contributed by atoms with van der Waals surface area (Å²) in [5, 5.41) is 25.6. The zero-order valence-corrected chi connectivity index (χ0v) is 16.4. The van der Waals surface area contributed by atoms with Crippen molar-refractivity contribution in [2.24, 2.45) is 0 Å². The first-order valence-electron chi connectivity index (χ1n) is 2.00. The average molecular weight is 706 g/mol. The van der Waals surface area contributed by atoms with Crippen LogP contribution in [0.3, 0.4) is 0 Å². The van der Waals surface area contributed by atoms with E-state index in [4.69, 9.17) is 41.0 Å². The fraction of sp³-hybridized carbons (Fsp3) is 0. The van der Waals surface area contributed by atoms with Gasteiger partial charge in [-0.05, 0) is 0 Å². The van der Waals surface area contributed by atoms with E-state index >= 15 is 0 Å². The van der Waals surface area contributed by atoms with Crippen LogP contribution < -0.4 is 15.8 Å². The van der Waals surface area contributed by atoms with Crippen LogP contribution in [-0.4, -0.2) is 77.7 Å². The fourth-order valence-corrected chi connectivity index (χ4v) is 0. The van der Waals surface area contributed by atoms with Gasteiger partial charge in [0, 0.05) is 52.4 Å². The van der Waals surface area contributed by atoms with Gasteiger partial charge in [-0.2, -0.15) is 0 Å². The molecule has 0 aromatic carbocycles. The molecular formula is Bi2O12S3. The molecule has 0 bridgehead atoms. The Morgan fingerprint density at radius 3 is 0.588 bits per heavy atom. The second-order valence-corrected chi connectivity index (χ2v) is 2.45. The maximum Gasteiger partial charge on any atom is 0.638 e.